The predicted octanol–water partition coefficient (Wildman–Crippen LogP) is 2.16. The molecule has 1 heterocycles. The lowest BCUT2D eigenvalue weighted by Gasteiger charge is -2.35. The Morgan fingerprint density at radius 1 is 1.29 bits per heavy atom. The van der Waals surface area contributed by atoms with Crippen LogP contribution in [0.2, 0.25) is 0 Å². The lowest BCUT2D eigenvalue weighted by atomic mass is 9.85. The van der Waals surface area contributed by atoms with Gasteiger partial charge in [0.25, 0.3) is 0 Å². The fraction of sp³-hybridized carbons (Fsp3) is 0.583. The lowest BCUT2D eigenvalue weighted by Crippen LogP contribution is -2.48. The molecule has 1 saturated carbocycles. The molecule has 0 N–H and O–H groups in total. The topological polar surface area (TPSA) is 35.5 Å². The minimum Gasteiger partial charge on any atom is -0.345 e. The molecule has 2 bridgehead atoms. The van der Waals surface area contributed by atoms with Gasteiger partial charge in [-0.2, -0.15) is 0 Å². The van der Waals surface area contributed by atoms with Crippen LogP contribution >= 0.6 is 31.9 Å². The normalized spacial score (nSPS) is 49.2. The van der Waals surface area contributed by atoms with Crippen LogP contribution in [0.15, 0.2) is 22.7 Å². The van der Waals surface area contributed by atoms with Crippen LogP contribution in [0.5, 0.6) is 0 Å². The van der Waals surface area contributed by atoms with Crippen molar-refractivity contribution in [2.24, 2.45) is 17.8 Å². The molecule has 0 unspecified atom stereocenters. The van der Waals surface area contributed by atoms with Gasteiger partial charge in [-0.25, -0.2) is 0 Å². The van der Waals surface area contributed by atoms with Gasteiger partial charge in [0, 0.05) is 17.8 Å². The van der Waals surface area contributed by atoms with Crippen LogP contribution in [-0.2, 0) is 14.3 Å². The quantitative estimate of drug-likeness (QED) is 0.490. The Labute approximate surface area is 115 Å². The Hall–Kier alpha value is 0.0300. The van der Waals surface area contributed by atoms with Crippen molar-refractivity contribution < 1.29 is 14.3 Å². The van der Waals surface area contributed by atoms with Crippen molar-refractivity contribution in [3.63, 3.8) is 0 Å². The van der Waals surface area contributed by atoms with Crippen LogP contribution in [-0.4, -0.2) is 29.1 Å². The molecule has 0 aromatic rings. The number of rotatable bonds is 0. The summed E-state index contributed by atoms with van der Waals surface area (Å²) < 4.78 is 12.1. The summed E-state index contributed by atoms with van der Waals surface area (Å²) in [7, 11) is 0. The van der Waals surface area contributed by atoms with Gasteiger partial charge in [0.1, 0.15) is 4.32 Å². The van der Waals surface area contributed by atoms with Crippen molar-refractivity contribution in [1.82, 2.24) is 0 Å². The molecule has 5 heteroatoms. The number of alkyl halides is 1. The maximum atomic E-state index is 12.2. The Morgan fingerprint density at radius 2 is 2.00 bits per heavy atom. The predicted molar refractivity (Wildman–Crippen MR) is 67.9 cm³/mol. The summed E-state index contributed by atoms with van der Waals surface area (Å²) >= 11 is 7.12. The molecule has 4 aliphatic rings. The summed E-state index contributed by atoms with van der Waals surface area (Å²) in [5, 5.41) is 0. The van der Waals surface area contributed by atoms with Gasteiger partial charge in [0.15, 0.2) is 11.6 Å². The van der Waals surface area contributed by atoms with Crippen LogP contribution in [0.4, 0.5) is 0 Å². The number of carbonyl (C=O) groups excluding carboxylic acids is 1. The summed E-state index contributed by atoms with van der Waals surface area (Å²) in [5.74, 6) is -0.399. The first-order valence-electron chi connectivity index (χ1n) is 5.68. The highest BCUT2D eigenvalue weighted by molar-refractivity contribution is 9.12. The van der Waals surface area contributed by atoms with Crippen molar-refractivity contribution in [3.05, 3.63) is 22.7 Å². The van der Waals surface area contributed by atoms with Crippen molar-refractivity contribution in [3.8, 4) is 0 Å². The molecule has 0 radical (unpaired) electrons. The van der Waals surface area contributed by atoms with Gasteiger partial charge in [-0.3, -0.25) is 4.79 Å². The van der Waals surface area contributed by atoms with Gasteiger partial charge in [-0.1, -0.05) is 34.2 Å². The van der Waals surface area contributed by atoms with E-state index in [0.717, 1.165) is 0 Å². The minimum atomic E-state index is -0.664. The number of hydrogen-bond donors (Lipinski definition) is 0. The molecule has 1 spiro atoms. The van der Waals surface area contributed by atoms with Gasteiger partial charge in [0.2, 0.25) is 0 Å². The van der Waals surface area contributed by atoms with E-state index in [1.54, 1.807) is 0 Å². The van der Waals surface area contributed by atoms with Gasteiger partial charge in [-0.15, -0.1) is 0 Å². The van der Waals surface area contributed by atoms with Crippen molar-refractivity contribution in [1.29, 1.82) is 0 Å². The van der Waals surface area contributed by atoms with Crippen LogP contribution in [0, 0.1) is 17.8 Å². The van der Waals surface area contributed by atoms with Crippen LogP contribution in [0.25, 0.3) is 0 Å². The first-order valence-corrected chi connectivity index (χ1v) is 7.26. The minimum absolute atomic E-state index is 0.0215. The third-order valence-electron chi connectivity index (χ3n) is 4.36. The second-order valence-electron chi connectivity index (χ2n) is 4.95. The molecule has 0 aromatic heterocycles. The maximum absolute atomic E-state index is 12.2. The number of ether oxygens (including phenoxy) is 2. The number of ketones is 1. The highest BCUT2D eigenvalue weighted by atomic mass is 79.9. The van der Waals surface area contributed by atoms with Crippen molar-refractivity contribution in [2.75, 3.05) is 13.2 Å². The molecule has 3 nitrogen and oxygen atoms in total. The van der Waals surface area contributed by atoms with E-state index < -0.39 is 10.1 Å². The maximum Gasteiger partial charge on any atom is 0.195 e. The number of fused-ring (bicyclic) bond motifs is 3. The third-order valence-corrected chi connectivity index (χ3v) is 6.36. The van der Waals surface area contributed by atoms with Crippen LogP contribution in [0.3, 0.4) is 0 Å². The largest absolute Gasteiger partial charge is 0.345 e. The van der Waals surface area contributed by atoms with E-state index in [1.165, 1.54) is 0 Å². The molecule has 1 saturated heterocycles. The third kappa shape index (κ3) is 1.01. The van der Waals surface area contributed by atoms with E-state index in [1.807, 2.05) is 6.08 Å². The summed E-state index contributed by atoms with van der Waals surface area (Å²) in [6.45, 7) is 1.20. The van der Waals surface area contributed by atoms with E-state index in [-0.39, 0.29) is 23.5 Å². The molecule has 0 amide bonds. The van der Waals surface area contributed by atoms with Gasteiger partial charge in [0.05, 0.1) is 17.7 Å². The van der Waals surface area contributed by atoms with E-state index >= 15 is 0 Å². The Morgan fingerprint density at radius 3 is 2.65 bits per heavy atom. The van der Waals surface area contributed by atoms with E-state index in [2.05, 4.69) is 44.0 Å². The Bertz CT molecular complexity index is 478. The molecule has 17 heavy (non-hydrogen) atoms. The highest BCUT2D eigenvalue weighted by Crippen LogP contribution is 2.67. The van der Waals surface area contributed by atoms with E-state index in [4.69, 9.17) is 9.47 Å². The first kappa shape index (κ1) is 10.9. The zero-order chi connectivity index (χ0) is 11.8. The Balaban J connectivity index is 1.89. The molecule has 90 valence electrons. The Kier molecular flexibility index (Phi) is 2.01. The van der Waals surface area contributed by atoms with Crippen molar-refractivity contribution >= 4 is 37.6 Å². The second kappa shape index (κ2) is 3.13. The summed E-state index contributed by atoms with van der Waals surface area (Å²) in [5.41, 5.74) is 0. The van der Waals surface area contributed by atoms with Crippen molar-refractivity contribution in [2.45, 2.75) is 10.1 Å². The molecular weight excluding hydrogens is 352 g/mol. The zero-order valence-electron chi connectivity index (χ0n) is 8.86. The standard InChI is InChI=1S/C12H10Br2O3/c13-8-5-7-9(10(8)15)6-1-2-11(7,14)12(6)16-3-4-17-12/h1-2,5-7,9H,3-4H2/t6-,7-,9-,11-/m0/s1. The van der Waals surface area contributed by atoms with Gasteiger partial charge < -0.3 is 9.47 Å². The zero-order valence-corrected chi connectivity index (χ0v) is 12.0. The molecule has 0 aromatic carbocycles. The smallest absolute Gasteiger partial charge is 0.195 e. The average Bonchev–Trinajstić information content (AvgIpc) is 2.99. The fourth-order valence-corrected chi connectivity index (χ4v) is 5.33. The monoisotopic (exact) mass is 360 g/mol. The fourth-order valence-electron chi connectivity index (χ4n) is 3.72. The number of Topliss-reactive ketones (excluding diaryl/α,β-unsaturated/α-hetero) is 1. The molecular formula is C12H10Br2O3. The number of halogens is 2. The highest BCUT2D eigenvalue weighted by Gasteiger charge is 2.75. The molecule has 2 fully saturated rings. The van der Waals surface area contributed by atoms with Gasteiger partial charge in [-0.05, 0) is 15.9 Å². The molecule has 4 rings (SSSR count). The molecule has 1 aliphatic heterocycles. The van der Waals surface area contributed by atoms with Crippen LogP contribution < -0.4 is 0 Å². The summed E-state index contributed by atoms with van der Waals surface area (Å²) in [6.07, 6.45) is 6.16. The SMILES string of the molecule is O=C1C(Br)=C[C@H]2[C@@H]1[C@@H]1C=C[C@@]2(Br)C12OCCO2. The first-order chi connectivity index (χ1) is 8.10. The second-order valence-corrected chi connectivity index (χ2v) is 7.11. The lowest BCUT2D eigenvalue weighted by molar-refractivity contribution is -0.177. The summed E-state index contributed by atoms with van der Waals surface area (Å²) in [6, 6.07) is 0. The van der Waals surface area contributed by atoms with Crippen LogP contribution in [0.1, 0.15) is 0 Å². The number of carbonyl (C=O) groups is 1. The molecule has 4 atom stereocenters. The average molecular weight is 362 g/mol. The van der Waals surface area contributed by atoms with E-state index in [9.17, 15) is 4.79 Å². The van der Waals surface area contributed by atoms with E-state index in [0.29, 0.717) is 17.7 Å². The molecule has 3 aliphatic carbocycles. The van der Waals surface area contributed by atoms with Gasteiger partial charge >= 0.3 is 0 Å². The number of hydrogen-bond acceptors (Lipinski definition) is 3. The number of allylic oxidation sites excluding steroid dienone is 2. The summed E-state index contributed by atoms with van der Waals surface area (Å²) in [4.78, 5) is 12.2.